The van der Waals surface area contributed by atoms with Crippen LogP contribution in [0.1, 0.15) is 0 Å². The predicted octanol–water partition coefficient (Wildman–Crippen LogP) is 2.11. The Bertz CT molecular complexity index is 541. The van der Waals surface area contributed by atoms with E-state index in [0.717, 1.165) is 43.0 Å². The molecule has 96 valence electrons. The number of hydrogen-bond acceptors (Lipinski definition) is 4. The summed E-state index contributed by atoms with van der Waals surface area (Å²) in [5.41, 5.74) is 1.74. The molecule has 18 heavy (non-hydrogen) atoms. The third-order valence-corrected chi connectivity index (χ3v) is 3.21. The Hall–Kier alpha value is -1.10. The van der Waals surface area contributed by atoms with Crippen molar-refractivity contribution in [3.05, 3.63) is 29.4 Å². The number of nitrogens with zero attached hydrogens (tertiary/aromatic N) is 3. The van der Waals surface area contributed by atoms with Gasteiger partial charge in [0, 0.05) is 32.4 Å². The molecule has 4 nitrogen and oxygen atoms in total. The second-order valence-corrected chi connectivity index (χ2v) is 4.48. The van der Waals surface area contributed by atoms with Gasteiger partial charge in [0.2, 0.25) is 0 Å². The maximum atomic E-state index is 6.27. The van der Waals surface area contributed by atoms with E-state index in [1.54, 1.807) is 6.20 Å². The van der Waals surface area contributed by atoms with Gasteiger partial charge in [-0.15, -0.1) is 12.4 Å². The number of rotatable bonds is 1. The van der Waals surface area contributed by atoms with Gasteiger partial charge in [-0.3, -0.25) is 4.98 Å². The molecule has 0 atom stereocenters. The smallest absolute Gasteiger partial charge is 0.148 e. The van der Waals surface area contributed by atoms with Gasteiger partial charge in [-0.1, -0.05) is 11.6 Å². The van der Waals surface area contributed by atoms with Crippen molar-refractivity contribution < 1.29 is 0 Å². The van der Waals surface area contributed by atoms with Crippen molar-refractivity contribution in [1.29, 1.82) is 0 Å². The summed E-state index contributed by atoms with van der Waals surface area (Å²) in [5.74, 6) is 0.869. The Morgan fingerprint density at radius 1 is 1.22 bits per heavy atom. The van der Waals surface area contributed by atoms with Crippen LogP contribution in [0.25, 0.3) is 11.0 Å². The van der Waals surface area contributed by atoms with Crippen LogP contribution in [0.5, 0.6) is 0 Å². The van der Waals surface area contributed by atoms with Crippen LogP contribution in [0, 0.1) is 0 Å². The minimum Gasteiger partial charge on any atom is -0.353 e. The summed E-state index contributed by atoms with van der Waals surface area (Å²) in [4.78, 5) is 11.1. The van der Waals surface area contributed by atoms with E-state index < -0.39 is 0 Å². The topological polar surface area (TPSA) is 41.1 Å². The van der Waals surface area contributed by atoms with E-state index >= 15 is 0 Å². The van der Waals surface area contributed by atoms with Crippen molar-refractivity contribution in [1.82, 2.24) is 15.3 Å². The van der Waals surface area contributed by atoms with Crippen LogP contribution >= 0.6 is 24.0 Å². The van der Waals surface area contributed by atoms with Crippen LogP contribution in [0.4, 0.5) is 5.82 Å². The van der Waals surface area contributed by atoms with E-state index in [4.69, 9.17) is 11.6 Å². The normalized spacial score (nSPS) is 15.5. The second-order valence-electron chi connectivity index (χ2n) is 4.07. The lowest BCUT2D eigenvalue weighted by Crippen LogP contribution is -2.44. The molecule has 6 heteroatoms. The van der Waals surface area contributed by atoms with E-state index in [1.807, 2.05) is 18.2 Å². The summed E-state index contributed by atoms with van der Waals surface area (Å²) < 4.78 is 0. The van der Waals surface area contributed by atoms with Crippen molar-refractivity contribution in [2.45, 2.75) is 0 Å². The molecule has 0 unspecified atom stereocenters. The summed E-state index contributed by atoms with van der Waals surface area (Å²) >= 11 is 6.27. The first-order chi connectivity index (χ1) is 8.34. The zero-order chi connectivity index (χ0) is 11.7. The highest BCUT2D eigenvalue weighted by Gasteiger charge is 2.15. The Labute approximate surface area is 117 Å². The van der Waals surface area contributed by atoms with Crippen molar-refractivity contribution in [3.63, 3.8) is 0 Å². The molecule has 0 spiro atoms. The summed E-state index contributed by atoms with van der Waals surface area (Å²) in [5, 5.41) is 4.00. The zero-order valence-corrected chi connectivity index (χ0v) is 11.3. The molecule has 1 N–H and O–H groups in total. The highest BCUT2D eigenvalue weighted by molar-refractivity contribution is 6.33. The van der Waals surface area contributed by atoms with Gasteiger partial charge in [-0.2, -0.15) is 0 Å². The number of fused-ring (bicyclic) bond motifs is 1. The molecule has 1 aliphatic heterocycles. The fourth-order valence-corrected chi connectivity index (χ4v) is 2.33. The van der Waals surface area contributed by atoms with Crippen molar-refractivity contribution >= 4 is 40.9 Å². The molecule has 0 amide bonds. The molecule has 2 aromatic rings. The number of nitrogens with one attached hydrogen (secondary N) is 1. The van der Waals surface area contributed by atoms with E-state index in [-0.39, 0.29) is 12.4 Å². The molecule has 0 saturated carbocycles. The Morgan fingerprint density at radius 3 is 2.78 bits per heavy atom. The highest BCUT2D eigenvalue weighted by atomic mass is 35.5. The second kappa shape index (κ2) is 5.69. The number of pyridine rings is 2. The van der Waals surface area contributed by atoms with Crippen LogP contribution in [0.3, 0.4) is 0 Å². The van der Waals surface area contributed by atoms with Crippen LogP contribution < -0.4 is 10.2 Å². The molecule has 3 heterocycles. The number of halogens is 2. The largest absolute Gasteiger partial charge is 0.353 e. The number of hydrogen-bond donors (Lipinski definition) is 1. The molecule has 0 bridgehead atoms. The highest BCUT2D eigenvalue weighted by Crippen LogP contribution is 2.26. The van der Waals surface area contributed by atoms with Gasteiger partial charge >= 0.3 is 0 Å². The number of aromatic nitrogens is 2. The van der Waals surface area contributed by atoms with Crippen LogP contribution in [-0.4, -0.2) is 36.1 Å². The standard InChI is InChI=1S/C12H13ClN4.ClH/c13-9-8-11-10(2-1-3-15-11)16-12(9)17-6-4-14-5-7-17;/h1-3,8,14H,4-7H2;1H. The first-order valence-electron chi connectivity index (χ1n) is 5.71. The molecule has 0 aromatic carbocycles. The molecule has 1 aliphatic rings. The monoisotopic (exact) mass is 284 g/mol. The SMILES string of the molecule is Cl.Clc1cc2ncccc2nc1N1CCNCC1. The predicted molar refractivity (Wildman–Crippen MR) is 76.9 cm³/mol. The first-order valence-corrected chi connectivity index (χ1v) is 6.09. The van der Waals surface area contributed by atoms with Crippen molar-refractivity contribution in [2.24, 2.45) is 0 Å². The van der Waals surface area contributed by atoms with Crippen LogP contribution in [0.15, 0.2) is 24.4 Å². The van der Waals surface area contributed by atoms with Crippen LogP contribution in [-0.2, 0) is 0 Å². The fraction of sp³-hybridized carbons (Fsp3) is 0.333. The van der Waals surface area contributed by atoms with Gasteiger partial charge in [0.1, 0.15) is 5.82 Å². The fourth-order valence-electron chi connectivity index (χ4n) is 2.07. The average molecular weight is 285 g/mol. The molecule has 0 aliphatic carbocycles. The minimum absolute atomic E-state index is 0. The van der Waals surface area contributed by atoms with Gasteiger partial charge in [0.25, 0.3) is 0 Å². The van der Waals surface area contributed by atoms with Crippen molar-refractivity contribution in [2.75, 3.05) is 31.1 Å². The number of anilines is 1. The van der Waals surface area contributed by atoms with Gasteiger partial charge in [-0.05, 0) is 18.2 Å². The molecular formula is C12H14Cl2N4. The lowest BCUT2D eigenvalue weighted by atomic mass is 10.3. The molecular weight excluding hydrogens is 271 g/mol. The summed E-state index contributed by atoms with van der Waals surface area (Å²) in [7, 11) is 0. The van der Waals surface area contributed by atoms with Crippen molar-refractivity contribution in [3.8, 4) is 0 Å². The number of piperazine rings is 1. The maximum absolute atomic E-state index is 6.27. The van der Waals surface area contributed by atoms with Gasteiger partial charge in [-0.25, -0.2) is 4.98 Å². The third kappa shape index (κ3) is 2.51. The van der Waals surface area contributed by atoms with Gasteiger partial charge in [0.05, 0.1) is 16.1 Å². The third-order valence-electron chi connectivity index (χ3n) is 2.94. The maximum Gasteiger partial charge on any atom is 0.148 e. The molecule has 1 fully saturated rings. The van der Waals surface area contributed by atoms with E-state index in [1.165, 1.54) is 0 Å². The molecule has 1 saturated heterocycles. The Kier molecular flexibility index (Phi) is 4.22. The molecule has 0 radical (unpaired) electrons. The molecule has 3 rings (SSSR count). The van der Waals surface area contributed by atoms with E-state index in [0.29, 0.717) is 5.02 Å². The Morgan fingerprint density at radius 2 is 2.00 bits per heavy atom. The van der Waals surface area contributed by atoms with Crippen LogP contribution in [0.2, 0.25) is 5.02 Å². The van der Waals surface area contributed by atoms with E-state index in [2.05, 4.69) is 20.2 Å². The molecule has 2 aromatic heterocycles. The lowest BCUT2D eigenvalue weighted by Gasteiger charge is -2.29. The summed E-state index contributed by atoms with van der Waals surface area (Å²) in [6.07, 6.45) is 1.75. The minimum atomic E-state index is 0. The first kappa shape index (κ1) is 13.3. The lowest BCUT2D eigenvalue weighted by molar-refractivity contribution is 0.585. The zero-order valence-electron chi connectivity index (χ0n) is 9.77. The summed E-state index contributed by atoms with van der Waals surface area (Å²) in [6, 6.07) is 5.75. The summed E-state index contributed by atoms with van der Waals surface area (Å²) in [6.45, 7) is 3.84. The van der Waals surface area contributed by atoms with Gasteiger partial charge in [0.15, 0.2) is 0 Å². The van der Waals surface area contributed by atoms with Gasteiger partial charge < -0.3 is 10.2 Å². The average Bonchev–Trinajstić information content (AvgIpc) is 2.39. The quantitative estimate of drug-likeness (QED) is 0.871. The Balaban J connectivity index is 0.00000120. The van der Waals surface area contributed by atoms with E-state index in [9.17, 15) is 0 Å².